The normalized spacial score (nSPS) is 17.0. The van der Waals surface area contributed by atoms with Crippen LogP contribution in [0.2, 0.25) is 0 Å². The Labute approximate surface area is 138 Å². The van der Waals surface area contributed by atoms with Gasteiger partial charge in [-0.05, 0) is 49.8 Å². The fraction of sp³-hybridized carbons (Fsp3) is 0.611. The monoisotopic (exact) mass is 320 g/mol. The molecule has 1 aromatic carbocycles. The number of rotatable bonds is 7. The lowest BCUT2D eigenvalue weighted by Gasteiger charge is -2.36. The highest BCUT2D eigenvalue weighted by Crippen LogP contribution is 2.33. The van der Waals surface area contributed by atoms with Gasteiger partial charge in [0.1, 0.15) is 0 Å². The SMILES string of the molecule is CC[C@H](CC(=O)O)c1ccc(N(CC)C2CCOCC2)c(N)c1. The standard InChI is InChI=1S/C18H28N2O3/c1-3-13(12-18(21)22)14-5-6-17(16(19)11-14)20(4-2)15-7-9-23-10-8-15/h5-6,11,13,15H,3-4,7-10,12,19H2,1-2H3,(H,21,22)/t13-/m1/s1. The molecule has 0 radical (unpaired) electrons. The van der Waals surface area contributed by atoms with Crippen LogP contribution in [-0.4, -0.2) is 36.9 Å². The molecule has 1 fully saturated rings. The molecular weight excluding hydrogens is 292 g/mol. The predicted molar refractivity (Wildman–Crippen MR) is 93.0 cm³/mol. The van der Waals surface area contributed by atoms with Gasteiger partial charge in [-0.2, -0.15) is 0 Å². The van der Waals surface area contributed by atoms with Crippen LogP contribution in [0.15, 0.2) is 18.2 Å². The second-order valence-corrected chi connectivity index (χ2v) is 6.15. The second-order valence-electron chi connectivity index (χ2n) is 6.15. The van der Waals surface area contributed by atoms with Crippen LogP contribution >= 0.6 is 0 Å². The number of carbonyl (C=O) groups is 1. The zero-order valence-electron chi connectivity index (χ0n) is 14.1. The van der Waals surface area contributed by atoms with Crippen molar-refractivity contribution in [2.75, 3.05) is 30.4 Å². The summed E-state index contributed by atoms with van der Waals surface area (Å²) in [6, 6.07) is 6.50. The number of nitrogen functional groups attached to an aromatic ring is 1. The maximum absolute atomic E-state index is 11.0. The number of aliphatic carboxylic acids is 1. The molecule has 0 aliphatic carbocycles. The lowest BCUT2D eigenvalue weighted by atomic mass is 9.92. The van der Waals surface area contributed by atoms with Gasteiger partial charge in [-0.15, -0.1) is 0 Å². The van der Waals surface area contributed by atoms with Gasteiger partial charge in [0, 0.05) is 25.8 Å². The van der Waals surface area contributed by atoms with Gasteiger partial charge < -0.3 is 20.5 Å². The molecule has 2 rings (SSSR count). The summed E-state index contributed by atoms with van der Waals surface area (Å²) in [5.41, 5.74) is 9.11. The topological polar surface area (TPSA) is 75.8 Å². The number of ether oxygens (including phenoxy) is 1. The average Bonchev–Trinajstić information content (AvgIpc) is 2.55. The third-order valence-electron chi connectivity index (χ3n) is 4.72. The number of hydrogen-bond acceptors (Lipinski definition) is 4. The van der Waals surface area contributed by atoms with E-state index in [0.29, 0.717) is 6.04 Å². The second kappa shape index (κ2) is 8.20. The summed E-state index contributed by atoms with van der Waals surface area (Å²) in [4.78, 5) is 13.4. The Bertz CT molecular complexity index is 527. The van der Waals surface area contributed by atoms with E-state index in [2.05, 4.69) is 11.8 Å². The largest absolute Gasteiger partial charge is 0.481 e. The molecular formula is C18H28N2O3. The molecule has 0 aromatic heterocycles. The molecule has 23 heavy (non-hydrogen) atoms. The molecule has 0 bridgehead atoms. The highest BCUT2D eigenvalue weighted by molar-refractivity contribution is 5.71. The first-order valence-corrected chi connectivity index (χ1v) is 8.52. The van der Waals surface area contributed by atoms with E-state index in [1.165, 1.54) is 0 Å². The zero-order chi connectivity index (χ0) is 16.8. The maximum Gasteiger partial charge on any atom is 0.303 e. The number of nitrogens with two attached hydrogens (primary N) is 1. The first kappa shape index (κ1) is 17.6. The zero-order valence-corrected chi connectivity index (χ0v) is 14.1. The molecule has 0 saturated carbocycles. The van der Waals surface area contributed by atoms with E-state index >= 15 is 0 Å². The highest BCUT2D eigenvalue weighted by atomic mass is 16.5. The Morgan fingerprint density at radius 2 is 2.09 bits per heavy atom. The van der Waals surface area contributed by atoms with Crippen LogP contribution in [0.4, 0.5) is 11.4 Å². The van der Waals surface area contributed by atoms with Gasteiger partial charge in [0.05, 0.1) is 17.8 Å². The van der Waals surface area contributed by atoms with Gasteiger partial charge >= 0.3 is 5.97 Å². The minimum atomic E-state index is -0.767. The molecule has 3 N–H and O–H groups in total. The maximum atomic E-state index is 11.0. The number of carboxylic acid groups (broad SMARTS) is 1. The summed E-state index contributed by atoms with van der Waals surface area (Å²) < 4.78 is 5.45. The van der Waals surface area contributed by atoms with Gasteiger partial charge in [-0.25, -0.2) is 0 Å². The number of hydrogen-bond donors (Lipinski definition) is 2. The molecule has 5 heteroatoms. The van der Waals surface area contributed by atoms with Crippen molar-refractivity contribution in [3.63, 3.8) is 0 Å². The molecule has 1 saturated heterocycles. The van der Waals surface area contributed by atoms with E-state index in [1.807, 2.05) is 25.1 Å². The first-order valence-electron chi connectivity index (χ1n) is 8.52. The molecule has 1 heterocycles. The van der Waals surface area contributed by atoms with E-state index in [9.17, 15) is 4.79 Å². The number of carboxylic acids is 1. The van der Waals surface area contributed by atoms with E-state index in [4.69, 9.17) is 15.6 Å². The van der Waals surface area contributed by atoms with Crippen LogP contribution in [-0.2, 0) is 9.53 Å². The lowest BCUT2D eigenvalue weighted by Crippen LogP contribution is -2.39. The summed E-state index contributed by atoms with van der Waals surface area (Å²) >= 11 is 0. The van der Waals surface area contributed by atoms with Gasteiger partial charge in [0.25, 0.3) is 0 Å². The molecule has 0 amide bonds. The van der Waals surface area contributed by atoms with Crippen LogP contribution in [0.25, 0.3) is 0 Å². The van der Waals surface area contributed by atoms with E-state index < -0.39 is 5.97 Å². The summed E-state index contributed by atoms with van der Waals surface area (Å²) in [5.74, 6) is -0.751. The van der Waals surface area contributed by atoms with Gasteiger partial charge in [-0.1, -0.05) is 13.0 Å². The molecule has 1 aliphatic heterocycles. The Hall–Kier alpha value is -1.75. The summed E-state index contributed by atoms with van der Waals surface area (Å²) in [6.07, 6.45) is 2.98. The minimum Gasteiger partial charge on any atom is -0.481 e. The third-order valence-corrected chi connectivity index (χ3v) is 4.72. The van der Waals surface area contributed by atoms with Crippen LogP contribution in [0.5, 0.6) is 0 Å². The van der Waals surface area contributed by atoms with Gasteiger partial charge in [-0.3, -0.25) is 4.79 Å². The molecule has 0 unspecified atom stereocenters. The quantitative estimate of drug-likeness (QED) is 0.754. The van der Waals surface area contributed by atoms with Crippen LogP contribution < -0.4 is 10.6 Å². The van der Waals surface area contributed by atoms with E-state index in [1.54, 1.807) is 0 Å². The smallest absolute Gasteiger partial charge is 0.303 e. The van der Waals surface area contributed by atoms with Crippen LogP contribution in [0.3, 0.4) is 0 Å². The number of benzene rings is 1. The van der Waals surface area contributed by atoms with Crippen molar-refractivity contribution in [2.24, 2.45) is 0 Å². The first-order chi connectivity index (χ1) is 11.1. The molecule has 1 aromatic rings. The molecule has 5 nitrogen and oxygen atoms in total. The minimum absolute atomic E-state index is 0.0157. The molecule has 128 valence electrons. The lowest BCUT2D eigenvalue weighted by molar-refractivity contribution is -0.137. The van der Waals surface area contributed by atoms with Crippen molar-refractivity contribution in [1.29, 1.82) is 0 Å². The highest BCUT2D eigenvalue weighted by Gasteiger charge is 2.23. The molecule has 1 atom stereocenters. The van der Waals surface area contributed by atoms with Crippen LogP contribution in [0.1, 0.15) is 51.0 Å². The fourth-order valence-corrected chi connectivity index (χ4v) is 3.42. The third kappa shape index (κ3) is 4.38. The Kier molecular flexibility index (Phi) is 6.28. The average molecular weight is 320 g/mol. The number of anilines is 2. The van der Waals surface area contributed by atoms with Crippen molar-refractivity contribution < 1.29 is 14.6 Å². The van der Waals surface area contributed by atoms with Gasteiger partial charge in [0.15, 0.2) is 0 Å². The van der Waals surface area contributed by atoms with Crippen molar-refractivity contribution in [3.05, 3.63) is 23.8 Å². The van der Waals surface area contributed by atoms with E-state index in [-0.39, 0.29) is 12.3 Å². The number of nitrogens with zero attached hydrogens (tertiary/aromatic N) is 1. The summed E-state index contributed by atoms with van der Waals surface area (Å²) in [6.45, 7) is 6.66. The Morgan fingerprint density at radius 1 is 1.39 bits per heavy atom. The Balaban J connectivity index is 2.21. The predicted octanol–water partition coefficient (Wildman–Crippen LogP) is 3.24. The van der Waals surface area contributed by atoms with Crippen molar-refractivity contribution >= 4 is 17.3 Å². The fourth-order valence-electron chi connectivity index (χ4n) is 3.42. The molecule has 0 spiro atoms. The van der Waals surface area contributed by atoms with Crippen LogP contribution in [0, 0.1) is 0 Å². The summed E-state index contributed by atoms with van der Waals surface area (Å²) in [5, 5.41) is 9.05. The van der Waals surface area contributed by atoms with Crippen molar-refractivity contribution in [3.8, 4) is 0 Å². The van der Waals surface area contributed by atoms with Gasteiger partial charge in [0.2, 0.25) is 0 Å². The Morgan fingerprint density at radius 3 is 2.61 bits per heavy atom. The van der Waals surface area contributed by atoms with Crippen molar-refractivity contribution in [1.82, 2.24) is 0 Å². The summed E-state index contributed by atoms with van der Waals surface area (Å²) in [7, 11) is 0. The van der Waals surface area contributed by atoms with E-state index in [0.717, 1.165) is 56.0 Å². The molecule has 1 aliphatic rings. The van der Waals surface area contributed by atoms with Crippen molar-refractivity contribution in [2.45, 2.75) is 51.5 Å².